The maximum Gasteiger partial charge on any atom is 0.256 e. The Kier molecular flexibility index (Phi) is 2.69. The monoisotopic (exact) mass is 288 g/mol. The minimum atomic E-state index is -0.160. The van der Waals surface area contributed by atoms with Crippen LogP contribution in [0.4, 0.5) is 5.69 Å². The van der Waals surface area contributed by atoms with E-state index in [1.54, 1.807) is 18.3 Å². The molecule has 4 nitrogen and oxygen atoms in total. The zero-order valence-corrected chi connectivity index (χ0v) is 11.6. The van der Waals surface area contributed by atoms with Crippen molar-refractivity contribution in [1.29, 1.82) is 0 Å². The average molecular weight is 288 g/mol. The van der Waals surface area contributed by atoms with Gasteiger partial charge >= 0.3 is 0 Å². The van der Waals surface area contributed by atoms with Crippen LogP contribution in [-0.4, -0.2) is 16.0 Å². The summed E-state index contributed by atoms with van der Waals surface area (Å²) in [7, 11) is 0. The SMILES string of the molecule is O=C1Nc2ccccc2C1=Cc1cc2cccnc2cc1O. The third kappa shape index (κ3) is 1.93. The molecule has 0 saturated carbocycles. The van der Waals surface area contributed by atoms with E-state index < -0.39 is 0 Å². The second-order valence-corrected chi connectivity index (χ2v) is 5.16. The number of benzene rings is 2. The van der Waals surface area contributed by atoms with Gasteiger partial charge in [0.2, 0.25) is 0 Å². The van der Waals surface area contributed by atoms with Crippen LogP contribution in [0.25, 0.3) is 22.6 Å². The van der Waals surface area contributed by atoms with Gasteiger partial charge in [0, 0.05) is 40.0 Å². The number of rotatable bonds is 1. The van der Waals surface area contributed by atoms with Gasteiger partial charge in [-0.3, -0.25) is 9.78 Å². The number of nitrogens with zero attached hydrogens (tertiary/aromatic N) is 1. The van der Waals surface area contributed by atoms with Gasteiger partial charge < -0.3 is 10.4 Å². The maximum atomic E-state index is 12.1. The zero-order chi connectivity index (χ0) is 15.1. The van der Waals surface area contributed by atoms with Crippen LogP contribution in [-0.2, 0) is 4.79 Å². The lowest BCUT2D eigenvalue weighted by atomic mass is 10.0. The quantitative estimate of drug-likeness (QED) is 0.674. The molecule has 0 saturated heterocycles. The molecule has 2 aromatic carbocycles. The van der Waals surface area contributed by atoms with E-state index in [1.165, 1.54) is 0 Å². The van der Waals surface area contributed by atoms with E-state index >= 15 is 0 Å². The lowest BCUT2D eigenvalue weighted by molar-refractivity contribution is -0.110. The summed E-state index contributed by atoms with van der Waals surface area (Å²) in [5, 5.41) is 13.9. The third-order valence-corrected chi connectivity index (χ3v) is 3.76. The topological polar surface area (TPSA) is 62.2 Å². The molecule has 106 valence electrons. The van der Waals surface area contributed by atoms with E-state index in [1.807, 2.05) is 42.5 Å². The van der Waals surface area contributed by atoms with Gasteiger partial charge in [-0.2, -0.15) is 0 Å². The first-order chi connectivity index (χ1) is 10.7. The highest BCUT2D eigenvalue weighted by Gasteiger charge is 2.23. The number of carbonyl (C=O) groups is 1. The van der Waals surface area contributed by atoms with Crippen molar-refractivity contribution in [2.45, 2.75) is 0 Å². The fraction of sp³-hybridized carbons (Fsp3) is 0. The van der Waals surface area contributed by atoms with Crippen molar-refractivity contribution in [3.05, 3.63) is 65.9 Å². The number of hydrogen-bond donors (Lipinski definition) is 2. The molecule has 3 aromatic rings. The summed E-state index contributed by atoms with van der Waals surface area (Å²) < 4.78 is 0. The number of para-hydroxylation sites is 1. The molecule has 0 aliphatic carbocycles. The first kappa shape index (κ1) is 12.6. The molecule has 0 atom stereocenters. The largest absolute Gasteiger partial charge is 0.507 e. The van der Waals surface area contributed by atoms with Crippen LogP contribution in [0, 0.1) is 0 Å². The van der Waals surface area contributed by atoms with Crippen molar-refractivity contribution < 1.29 is 9.90 Å². The fourth-order valence-corrected chi connectivity index (χ4v) is 2.68. The summed E-state index contributed by atoms with van der Waals surface area (Å²) in [6, 6.07) is 14.7. The van der Waals surface area contributed by atoms with Gasteiger partial charge in [-0.05, 0) is 24.3 Å². The van der Waals surface area contributed by atoms with Crippen molar-refractivity contribution in [1.82, 2.24) is 4.98 Å². The van der Waals surface area contributed by atoms with Crippen molar-refractivity contribution >= 4 is 34.1 Å². The van der Waals surface area contributed by atoms with Crippen LogP contribution >= 0.6 is 0 Å². The van der Waals surface area contributed by atoms with E-state index in [0.29, 0.717) is 11.1 Å². The van der Waals surface area contributed by atoms with E-state index in [-0.39, 0.29) is 11.7 Å². The summed E-state index contributed by atoms with van der Waals surface area (Å²) in [6.07, 6.45) is 3.39. The highest BCUT2D eigenvalue weighted by atomic mass is 16.3. The number of carbonyl (C=O) groups excluding carboxylic acids is 1. The molecular formula is C18H12N2O2. The predicted molar refractivity (Wildman–Crippen MR) is 86.4 cm³/mol. The molecule has 0 unspecified atom stereocenters. The third-order valence-electron chi connectivity index (χ3n) is 3.76. The van der Waals surface area contributed by atoms with Crippen LogP contribution in [0.2, 0.25) is 0 Å². The molecule has 1 aromatic heterocycles. The number of amides is 1. The molecular weight excluding hydrogens is 276 g/mol. The number of nitrogens with one attached hydrogen (secondary N) is 1. The summed E-state index contributed by atoms with van der Waals surface area (Å²) >= 11 is 0. The van der Waals surface area contributed by atoms with Crippen LogP contribution in [0.5, 0.6) is 5.75 Å². The van der Waals surface area contributed by atoms with Crippen molar-refractivity contribution in [3.63, 3.8) is 0 Å². The summed E-state index contributed by atoms with van der Waals surface area (Å²) in [5.41, 5.74) is 3.51. The van der Waals surface area contributed by atoms with Gasteiger partial charge in [-0.15, -0.1) is 0 Å². The Morgan fingerprint density at radius 3 is 2.86 bits per heavy atom. The summed E-state index contributed by atoms with van der Waals surface area (Å²) in [5.74, 6) is -0.0530. The number of aromatic nitrogens is 1. The molecule has 1 amide bonds. The van der Waals surface area contributed by atoms with Gasteiger partial charge in [-0.25, -0.2) is 0 Å². The molecule has 0 bridgehead atoms. The van der Waals surface area contributed by atoms with Crippen LogP contribution < -0.4 is 5.32 Å². The average Bonchev–Trinajstić information content (AvgIpc) is 2.84. The minimum absolute atomic E-state index is 0.107. The van der Waals surface area contributed by atoms with Crippen LogP contribution in [0.15, 0.2) is 54.7 Å². The number of fused-ring (bicyclic) bond motifs is 2. The van der Waals surface area contributed by atoms with E-state index in [9.17, 15) is 9.90 Å². The van der Waals surface area contributed by atoms with Gasteiger partial charge in [0.05, 0.1) is 5.52 Å². The number of aromatic hydroxyl groups is 1. The van der Waals surface area contributed by atoms with Gasteiger partial charge in [-0.1, -0.05) is 24.3 Å². The number of pyridine rings is 1. The summed E-state index contributed by atoms with van der Waals surface area (Å²) in [6.45, 7) is 0. The Balaban J connectivity index is 1.89. The molecule has 0 spiro atoms. The molecule has 4 rings (SSSR count). The number of phenolic OH excluding ortho intramolecular Hbond substituents is 1. The standard InChI is InChI=1S/C18H12N2O2/c21-17-10-16-11(4-3-7-19-16)8-12(17)9-14-13-5-1-2-6-15(13)20-18(14)22/h1-10,21H,(H,20,22). The van der Waals surface area contributed by atoms with Gasteiger partial charge in [0.1, 0.15) is 5.75 Å². The molecule has 1 aliphatic rings. The highest BCUT2D eigenvalue weighted by Crippen LogP contribution is 2.34. The predicted octanol–water partition coefficient (Wildman–Crippen LogP) is 3.43. The Morgan fingerprint density at radius 2 is 1.95 bits per heavy atom. The van der Waals surface area contributed by atoms with Crippen molar-refractivity contribution in [2.75, 3.05) is 5.32 Å². The number of hydrogen-bond acceptors (Lipinski definition) is 3. The molecule has 22 heavy (non-hydrogen) atoms. The van der Waals surface area contributed by atoms with Crippen LogP contribution in [0.3, 0.4) is 0 Å². The second kappa shape index (κ2) is 4.70. The first-order valence-corrected chi connectivity index (χ1v) is 6.92. The fourth-order valence-electron chi connectivity index (χ4n) is 2.68. The molecule has 2 N–H and O–H groups in total. The van der Waals surface area contributed by atoms with E-state index in [2.05, 4.69) is 10.3 Å². The van der Waals surface area contributed by atoms with Crippen molar-refractivity contribution in [2.24, 2.45) is 0 Å². The normalized spacial score (nSPS) is 15.1. The first-order valence-electron chi connectivity index (χ1n) is 6.92. The Bertz CT molecular complexity index is 945. The lowest BCUT2D eigenvalue weighted by Crippen LogP contribution is -2.03. The van der Waals surface area contributed by atoms with E-state index in [0.717, 1.165) is 22.2 Å². The number of anilines is 1. The van der Waals surface area contributed by atoms with E-state index in [4.69, 9.17) is 0 Å². The van der Waals surface area contributed by atoms with Crippen LogP contribution in [0.1, 0.15) is 11.1 Å². The zero-order valence-electron chi connectivity index (χ0n) is 11.6. The Morgan fingerprint density at radius 1 is 1.09 bits per heavy atom. The Hall–Kier alpha value is -3.14. The Labute approximate surface area is 126 Å². The smallest absolute Gasteiger partial charge is 0.256 e. The highest BCUT2D eigenvalue weighted by molar-refractivity contribution is 6.35. The minimum Gasteiger partial charge on any atom is -0.507 e. The van der Waals surface area contributed by atoms with Crippen molar-refractivity contribution in [3.8, 4) is 5.75 Å². The molecule has 1 aliphatic heterocycles. The van der Waals surface area contributed by atoms with Gasteiger partial charge in [0.25, 0.3) is 5.91 Å². The second-order valence-electron chi connectivity index (χ2n) is 5.16. The molecule has 4 heteroatoms. The number of phenols is 1. The molecule has 2 heterocycles. The maximum absolute atomic E-state index is 12.1. The summed E-state index contributed by atoms with van der Waals surface area (Å²) in [4.78, 5) is 16.3. The lowest BCUT2D eigenvalue weighted by Gasteiger charge is -2.04. The molecule has 0 radical (unpaired) electrons. The van der Waals surface area contributed by atoms with Gasteiger partial charge in [0.15, 0.2) is 0 Å². The molecule has 0 fully saturated rings.